The molecule has 0 saturated heterocycles. The minimum atomic E-state index is 0.696. The summed E-state index contributed by atoms with van der Waals surface area (Å²) in [6, 6.07) is 30.6. The predicted octanol–water partition coefficient (Wildman–Crippen LogP) is 7.95. The molecule has 35 heavy (non-hydrogen) atoms. The van der Waals surface area contributed by atoms with Crippen LogP contribution in [0.3, 0.4) is 0 Å². The average molecular weight is 457 g/mol. The first kappa shape index (κ1) is 19.9. The summed E-state index contributed by atoms with van der Waals surface area (Å²) in [5, 5.41) is 2.20. The molecule has 4 nitrogen and oxygen atoms in total. The van der Waals surface area contributed by atoms with Crippen molar-refractivity contribution in [3.8, 4) is 45.4 Å². The van der Waals surface area contributed by atoms with Gasteiger partial charge in [0, 0.05) is 28.5 Å². The smallest absolute Gasteiger partial charge is 0.216 e. The summed E-state index contributed by atoms with van der Waals surface area (Å²) in [5.41, 5.74) is 7.22. The van der Waals surface area contributed by atoms with E-state index in [1.165, 1.54) is 5.56 Å². The molecule has 0 spiro atoms. The minimum Gasteiger partial charge on any atom is -0.454 e. The number of ether oxygens (including phenoxy) is 2. The Labute approximate surface area is 202 Å². The lowest BCUT2D eigenvalue weighted by Gasteiger charge is -2.21. The minimum absolute atomic E-state index is 0.696. The van der Waals surface area contributed by atoms with E-state index in [-0.39, 0.29) is 0 Å². The molecular formula is C31H22NO3+. The monoisotopic (exact) mass is 456 g/mol. The fraction of sp³-hybridized carbons (Fsp3) is 0.0645. The zero-order valence-electron chi connectivity index (χ0n) is 19.4. The van der Waals surface area contributed by atoms with Crippen molar-refractivity contribution in [2.75, 3.05) is 0 Å². The van der Waals surface area contributed by atoms with Gasteiger partial charge in [0.2, 0.25) is 5.69 Å². The van der Waals surface area contributed by atoms with Crippen LogP contribution in [0.4, 0.5) is 0 Å². The summed E-state index contributed by atoms with van der Waals surface area (Å²) in [4.78, 5) is 0. The highest BCUT2D eigenvalue weighted by Gasteiger charge is 2.23. The van der Waals surface area contributed by atoms with Crippen molar-refractivity contribution in [3.63, 3.8) is 0 Å². The standard InChI is InChI=1S/C31H22NO3/c1-19-13-15-23-22-9-7-8-21(30(22)35-31(23)29(19)24-10-5-6-17-32(24)2)20-14-16-27-28(18-20)34-26-12-4-3-11-25(26)33-27/h3-18H,1-2H3/q+1. The molecule has 0 N–H and O–H groups in total. The highest BCUT2D eigenvalue weighted by molar-refractivity contribution is 6.13. The van der Waals surface area contributed by atoms with Gasteiger partial charge < -0.3 is 13.9 Å². The van der Waals surface area contributed by atoms with Gasteiger partial charge in [-0.2, -0.15) is 0 Å². The Hall–Kier alpha value is -4.57. The number of nitrogens with zero attached hydrogens (tertiary/aromatic N) is 1. The Morgan fingerprint density at radius 1 is 0.629 bits per heavy atom. The third-order valence-corrected chi connectivity index (χ3v) is 6.73. The normalized spacial score (nSPS) is 12.2. The van der Waals surface area contributed by atoms with Crippen LogP contribution in [0.1, 0.15) is 5.56 Å². The van der Waals surface area contributed by atoms with Crippen LogP contribution in [-0.4, -0.2) is 0 Å². The van der Waals surface area contributed by atoms with Crippen LogP contribution in [0.5, 0.6) is 23.0 Å². The van der Waals surface area contributed by atoms with Crippen molar-refractivity contribution in [3.05, 3.63) is 103 Å². The van der Waals surface area contributed by atoms with Gasteiger partial charge in [0.1, 0.15) is 18.2 Å². The van der Waals surface area contributed by atoms with E-state index < -0.39 is 0 Å². The summed E-state index contributed by atoms with van der Waals surface area (Å²) < 4.78 is 21.0. The van der Waals surface area contributed by atoms with Gasteiger partial charge in [0.25, 0.3) is 0 Å². The molecule has 0 fully saturated rings. The molecule has 1 aliphatic heterocycles. The molecule has 0 radical (unpaired) electrons. The van der Waals surface area contributed by atoms with Crippen LogP contribution < -0.4 is 14.0 Å². The van der Waals surface area contributed by atoms with Gasteiger partial charge in [-0.1, -0.05) is 48.5 Å². The van der Waals surface area contributed by atoms with E-state index in [4.69, 9.17) is 13.9 Å². The summed E-state index contributed by atoms with van der Waals surface area (Å²) in [6.45, 7) is 2.13. The molecule has 0 aliphatic carbocycles. The Bertz CT molecular complexity index is 1780. The topological polar surface area (TPSA) is 35.5 Å². The summed E-state index contributed by atoms with van der Waals surface area (Å²) in [7, 11) is 2.06. The second-order valence-electron chi connectivity index (χ2n) is 8.93. The van der Waals surface area contributed by atoms with E-state index in [0.717, 1.165) is 55.8 Å². The van der Waals surface area contributed by atoms with Gasteiger partial charge in [-0.15, -0.1) is 0 Å². The van der Waals surface area contributed by atoms with Gasteiger partial charge in [-0.05, 0) is 48.4 Å². The molecule has 0 amide bonds. The van der Waals surface area contributed by atoms with Crippen molar-refractivity contribution in [1.29, 1.82) is 0 Å². The van der Waals surface area contributed by atoms with Crippen LogP contribution in [-0.2, 0) is 7.05 Å². The Kier molecular flexibility index (Phi) is 4.24. The summed E-state index contributed by atoms with van der Waals surface area (Å²) >= 11 is 0. The first-order valence-electron chi connectivity index (χ1n) is 11.7. The molecule has 0 bridgehead atoms. The molecule has 2 aromatic heterocycles. The average Bonchev–Trinajstić information content (AvgIpc) is 3.26. The number of aromatic nitrogens is 1. The molecule has 0 atom stereocenters. The highest BCUT2D eigenvalue weighted by Crippen LogP contribution is 2.47. The summed E-state index contributed by atoms with van der Waals surface area (Å²) in [5.74, 6) is 2.85. The quantitative estimate of drug-likeness (QED) is 0.248. The lowest BCUT2D eigenvalue weighted by Crippen LogP contribution is -2.30. The Morgan fingerprint density at radius 3 is 2.20 bits per heavy atom. The van der Waals surface area contributed by atoms with E-state index in [9.17, 15) is 0 Å². The maximum Gasteiger partial charge on any atom is 0.216 e. The number of benzene rings is 4. The Balaban J connectivity index is 1.43. The van der Waals surface area contributed by atoms with Gasteiger partial charge in [-0.25, -0.2) is 4.57 Å². The second-order valence-corrected chi connectivity index (χ2v) is 8.93. The van der Waals surface area contributed by atoms with Crippen LogP contribution in [0.25, 0.3) is 44.3 Å². The molecule has 4 aromatic carbocycles. The number of rotatable bonds is 2. The lowest BCUT2D eigenvalue weighted by atomic mass is 9.99. The van der Waals surface area contributed by atoms with Crippen LogP contribution in [0.15, 0.2) is 102 Å². The van der Waals surface area contributed by atoms with Gasteiger partial charge in [-0.3, -0.25) is 0 Å². The van der Waals surface area contributed by atoms with Gasteiger partial charge >= 0.3 is 0 Å². The fourth-order valence-corrected chi connectivity index (χ4v) is 4.98. The van der Waals surface area contributed by atoms with Crippen molar-refractivity contribution in [2.45, 2.75) is 6.92 Å². The maximum absolute atomic E-state index is 6.67. The molecular weight excluding hydrogens is 434 g/mol. The van der Waals surface area contributed by atoms with E-state index in [0.29, 0.717) is 11.5 Å². The van der Waals surface area contributed by atoms with Crippen molar-refractivity contribution < 1.29 is 18.5 Å². The molecule has 3 heterocycles. The van der Waals surface area contributed by atoms with Crippen molar-refractivity contribution >= 4 is 21.9 Å². The largest absolute Gasteiger partial charge is 0.454 e. The number of hydrogen-bond acceptors (Lipinski definition) is 3. The number of para-hydroxylation sites is 3. The molecule has 0 unspecified atom stereocenters. The number of hydrogen-bond donors (Lipinski definition) is 0. The summed E-state index contributed by atoms with van der Waals surface area (Å²) in [6.07, 6.45) is 2.06. The van der Waals surface area contributed by atoms with Crippen molar-refractivity contribution in [2.24, 2.45) is 7.05 Å². The molecule has 0 saturated carbocycles. The maximum atomic E-state index is 6.67. The Morgan fingerprint density at radius 2 is 1.37 bits per heavy atom. The third-order valence-electron chi connectivity index (χ3n) is 6.73. The second kappa shape index (κ2) is 7.47. The predicted molar refractivity (Wildman–Crippen MR) is 137 cm³/mol. The van der Waals surface area contributed by atoms with Gasteiger partial charge in [0.15, 0.2) is 29.2 Å². The van der Waals surface area contributed by atoms with E-state index in [1.807, 2.05) is 42.5 Å². The van der Waals surface area contributed by atoms with E-state index in [2.05, 4.69) is 73.3 Å². The van der Waals surface area contributed by atoms with E-state index in [1.54, 1.807) is 0 Å². The molecule has 1 aliphatic rings. The SMILES string of the molecule is Cc1ccc2c(oc3c(-c4ccc5c(c4)Oc4ccccc4O5)cccc32)c1-c1cccc[n+]1C. The number of fused-ring (bicyclic) bond motifs is 5. The number of aryl methyl sites for hydroxylation is 2. The molecule has 7 rings (SSSR count). The third kappa shape index (κ3) is 3.03. The lowest BCUT2D eigenvalue weighted by molar-refractivity contribution is -0.660. The zero-order chi connectivity index (χ0) is 23.5. The van der Waals surface area contributed by atoms with Crippen molar-refractivity contribution in [1.82, 2.24) is 0 Å². The molecule has 6 aromatic rings. The number of pyridine rings is 1. The number of furan rings is 1. The molecule has 168 valence electrons. The van der Waals surface area contributed by atoms with Crippen LogP contribution >= 0.6 is 0 Å². The highest BCUT2D eigenvalue weighted by atomic mass is 16.6. The first-order chi connectivity index (χ1) is 17.2. The zero-order valence-corrected chi connectivity index (χ0v) is 19.4. The molecule has 4 heteroatoms. The van der Waals surface area contributed by atoms with E-state index >= 15 is 0 Å². The van der Waals surface area contributed by atoms with Crippen LogP contribution in [0, 0.1) is 6.92 Å². The van der Waals surface area contributed by atoms with Crippen LogP contribution in [0.2, 0.25) is 0 Å². The first-order valence-corrected chi connectivity index (χ1v) is 11.7. The fourth-order valence-electron chi connectivity index (χ4n) is 4.98. The van der Waals surface area contributed by atoms with Gasteiger partial charge in [0.05, 0.1) is 5.56 Å².